The molecule has 0 aliphatic rings. The summed E-state index contributed by atoms with van der Waals surface area (Å²) in [6.07, 6.45) is 1.67. The molecule has 2 heterocycles. The maximum Gasteiger partial charge on any atom is 0.146 e. The lowest BCUT2D eigenvalue weighted by molar-refractivity contribution is 0.285. The number of hydrogen-bond acceptors (Lipinski definition) is 3. The van der Waals surface area contributed by atoms with Gasteiger partial charge in [-0.05, 0) is 17.5 Å². The van der Waals surface area contributed by atoms with Gasteiger partial charge in [0, 0.05) is 11.1 Å². The van der Waals surface area contributed by atoms with Gasteiger partial charge in [0.1, 0.15) is 5.15 Å². The van der Waals surface area contributed by atoms with E-state index in [0.29, 0.717) is 5.15 Å². The molecule has 0 aliphatic heterocycles. The van der Waals surface area contributed by atoms with Gasteiger partial charge in [-0.25, -0.2) is 4.98 Å². The predicted molar refractivity (Wildman–Crippen MR) is 50.6 cm³/mol. The highest BCUT2D eigenvalue weighted by Gasteiger charge is 2.04. The standard InChI is InChI=1S/C8H6ClNOS/c9-8-7-5(1-2-10-8)3-6(4-11)12-7/h1-3,11H,4H2. The lowest BCUT2D eigenvalue weighted by atomic mass is 10.3. The molecule has 0 spiro atoms. The van der Waals surface area contributed by atoms with Crippen LogP contribution in [-0.4, -0.2) is 10.1 Å². The van der Waals surface area contributed by atoms with Crippen molar-refractivity contribution in [3.63, 3.8) is 0 Å². The van der Waals surface area contributed by atoms with Crippen molar-refractivity contribution in [3.8, 4) is 0 Å². The summed E-state index contributed by atoms with van der Waals surface area (Å²) in [5.41, 5.74) is 0. The summed E-state index contributed by atoms with van der Waals surface area (Å²) in [5, 5.41) is 10.4. The molecule has 0 atom stereocenters. The van der Waals surface area contributed by atoms with E-state index >= 15 is 0 Å². The fraction of sp³-hybridized carbons (Fsp3) is 0.125. The summed E-state index contributed by atoms with van der Waals surface area (Å²) in [5.74, 6) is 0. The molecule has 62 valence electrons. The molecule has 0 unspecified atom stereocenters. The summed E-state index contributed by atoms with van der Waals surface area (Å²) in [6, 6.07) is 3.81. The first kappa shape index (κ1) is 7.98. The van der Waals surface area contributed by atoms with Crippen LogP contribution in [0.15, 0.2) is 18.3 Å². The first-order valence-corrected chi connectivity index (χ1v) is 4.64. The highest BCUT2D eigenvalue weighted by Crippen LogP contribution is 2.29. The number of nitrogens with zero attached hydrogens (tertiary/aromatic N) is 1. The summed E-state index contributed by atoms with van der Waals surface area (Å²) in [6.45, 7) is 0.0652. The maximum atomic E-state index is 8.88. The lowest BCUT2D eigenvalue weighted by Crippen LogP contribution is -1.70. The van der Waals surface area contributed by atoms with Gasteiger partial charge in [0.2, 0.25) is 0 Å². The number of pyridine rings is 1. The summed E-state index contributed by atoms with van der Waals surface area (Å²) in [7, 11) is 0. The molecule has 0 aromatic carbocycles. The molecule has 0 bridgehead atoms. The van der Waals surface area contributed by atoms with E-state index in [4.69, 9.17) is 16.7 Å². The number of fused-ring (bicyclic) bond motifs is 1. The van der Waals surface area contributed by atoms with Gasteiger partial charge in [-0.3, -0.25) is 0 Å². The molecule has 2 aromatic rings. The second kappa shape index (κ2) is 3.01. The Morgan fingerprint density at radius 3 is 3.08 bits per heavy atom. The van der Waals surface area contributed by atoms with Crippen molar-refractivity contribution in [2.75, 3.05) is 0 Å². The van der Waals surface area contributed by atoms with Crippen LogP contribution < -0.4 is 0 Å². The minimum atomic E-state index is 0.0652. The zero-order chi connectivity index (χ0) is 8.55. The smallest absolute Gasteiger partial charge is 0.146 e. The number of hydrogen-bond donors (Lipinski definition) is 1. The van der Waals surface area contributed by atoms with Crippen LogP contribution in [0.25, 0.3) is 10.1 Å². The third kappa shape index (κ3) is 1.20. The van der Waals surface area contributed by atoms with Crippen molar-refractivity contribution in [1.82, 2.24) is 4.98 Å². The van der Waals surface area contributed by atoms with E-state index in [-0.39, 0.29) is 6.61 Å². The molecule has 0 radical (unpaired) electrons. The summed E-state index contributed by atoms with van der Waals surface area (Å²) >= 11 is 7.32. The number of rotatable bonds is 1. The van der Waals surface area contributed by atoms with E-state index in [1.807, 2.05) is 12.1 Å². The second-order valence-corrected chi connectivity index (χ2v) is 3.89. The van der Waals surface area contributed by atoms with Gasteiger partial charge in [0.25, 0.3) is 0 Å². The third-order valence-corrected chi connectivity index (χ3v) is 3.14. The molecule has 2 aromatic heterocycles. The Kier molecular flexibility index (Phi) is 2.00. The van der Waals surface area contributed by atoms with Crippen molar-refractivity contribution in [3.05, 3.63) is 28.4 Å². The molecule has 12 heavy (non-hydrogen) atoms. The quantitative estimate of drug-likeness (QED) is 0.716. The Bertz CT molecular complexity index is 412. The summed E-state index contributed by atoms with van der Waals surface area (Å²) < 4.78 is 0.947. The van der Waals surface area contributed by atoms with Crippen molar-refractivity contribution in [2.45, 2.75) is 6.61 Å². The number of aliphatic hydroxyl groups is 1. The van der Waals surface area contributed by atoms with E-state index in [1.165, 1.54) is 11.3 Å². The van der Waals surface area contributed by atoms with Crippen molar-refractivity contribution in [2.24, 2.45) is 0 Å². The molecule has 0 amide bonds. The van der Waals surface area contributed by atoms with Crippen molar-refractivity contribution < 1.29 is 5.11 Å². The van der Waals surface area contributed by atoms with Gasteiger partial charge >= 0.3 is 0 Å². The van der Waals surface area contributed by atoms with E-state index in [2.05, 4.69) is 4.98 Å². The third-order valence-electron chi connectivity index (χ3n) is 1.60. The average Bonchev–Trinajstić information content (AvgIpc) is 2.49. The van der Waals surface area contributed by atoms with E-state index in [1.54, 1.807) is 6.20 Å². The number of thiophene rings is 1. The Morgan fingerprint density at radius 2 is 2.42 bits per heavy atom. The second-order valence-electron chi connectivity index (χ2n) is 2.39. The van der Waals surface area contributed by atoms with Crippen LogP contribution in [0.5, 0.6) is 0 Å². The van der Waals surface area contributed by atoms with Crippen LogP contribution in [0.4, 0.5) is 0 Å². The van der Waals surface area contributed by atoms with Crippen LogP contribution in [0.2, 0.25) is 5.15 Å². The van der Waals surface area contributed by atoms with Gasteiger partial charge in [-0.2, -0.15) is 0 Å². The number of aliphatic hydroxyl groups excluding tert-OH is 1. The van der Waals surface area contributed by atoms with E-state index in [0.717, 1.165) is 15.0 Å². The van der Waals surface area contributed by atoms with Gasteiger partial charge in [0.05, 0.1) is 11.3 Å². The normalized spacial score (nSPS) is 10.8. The van der Waals surface area contributed by atoms with Crippen LogP contribution in [0, 0.1) is 0 Å². The number of halogens is 1. The van der Waals surface area contributed by atoms with Crippen molar-refractivity contribution in [1.29, 1.82) is 0 Å². The Balaban J connectivity index is 2.74. The SMILES string of the molecule is OCc1cc2ccnc(Cl)c2s1. The largest absolute Gasteiger partial charge is 0.391 e. The fourth-order valence-corrected chi connectivity index (χ4v) is 2.24. The Hall–Kier alpha value is -0.640. The van der Waals surface area contributed by atoms with Crippen LogP contribution in [0.1, 0.15) is 4.88 Å². The Morgan fingerprint density at radius 1 is 1.58 bits per heavy atom. The average molecular weight is 200 g/mol. The highest BCUT2D eigenvalue weighted by atomic mass is 35.5. The van der Waals surface area contributed by atoms with E-state index < -0.39 is 0 Å². The minimum Gasteiger partial charge on any atom is -0.391 e. The topological polar surface area (TPSA) is 33.1 Å². The molecule has 0 aliphatic carbocycles. The van der Waals surface area contributed by atoms with Gasteiger partial charge in [-0.1, -0.05) is 11.6 Å². The molecular weight excluding hydrogens is 194 g/mol. The lowest BCUT2D eigenvalue weighted by Gasteiger charge is -1.88. The molecule has 0 saturated carbocycles. The first-order valence-electron chi connectivity index (χ1n) is 3.45. The minimum absolute atomic E-state index is 0.0652. The van der Waals surface area contributed by atoms with E-state index in [9.17, 15) is 0 Å². The van der Waals surface area contributed by atoms with Gasteiger partial charge < -0.3 is 5.11 Å². The monoisotopic (exact) mass is 199 g/mol. The highest BCUT2D eigenvalue weighted by molar-refractivity contribution is 7.19. The van der Waals surface area contributed by atoms with Crippen molar-refractivity contribution >= 4 is 33.0 Å². The molecule has 4 heteroatoms. The molecule has 2 rings (SSSR count). The molecule has 0 saturated heterocycles. The maximum absolute atomic E-state index is 8.88. The molecule has 1 N–H and O–H groups in total. The first-order chi connectivity index (χ1) is 5.81. The molecule has 0 fully saturated rings. The fourth-order valence-electron chi connectivity index (χ4n) is 1.06. The van der Waals surface area contributed by atoms with Crippen LogP contribution >= 0.6 is 22.9 Å². The molecular formula is C8H6ClNOS. The molecule has 2 nitrogen and oxygen atoms in total. The zero-order valence-corrected chi connectivity index (χ0v) is 7.69. The van der Waals surface area contributed by atoms with Crippen LogP contribution in [0.3, 0.4) is 0 Å². The van der Waals surface area contributed by atoms with Crippen LogP contribution in [-0.2, 0) is 6.61 Å². The zero-order valence-electron chi connectivity index (χ0n) is 6.12. The predicted octanol–water partition coefficient (Wildman–Crippen LogP) is 2.44. The van der Waals surface area contributed by atoms with Gasteiger partial charge in [0.15, 0.2) is 0 Å². The van der Waals surface area contributed by atoms with Gasteiger partial charge in [-0.15, -0.1) is 11.3 Å². The Labute approximate surface area is 78.4 Å². The summed E-state index contributed by atoms with van der Waals surface area (Å²) in [4.78, 5) is 4.87. The number of aromatic nitrogens is 1.